The van der Waals surface area contributed by atoms with Crippen LogP contribution in [-0.4, -0.2) is 45.8 Å². The fraction of sp³-hybridized carbons (Fsp3) is 1.00. The molecule has 0 atom stereocenters. The molecule has 26 heavy (non-hydrogen) atoms. The van der Waals surface area contributed by atoms with Crippen LogP contribution in [0.2, 0.25) is 0 Å². The SMILES string of the molecule is FC(F)(F)C(F)(F)C(F)(F)C(F)(F)C(F)(F)C(F)(F)F.N.N.O=[P+](O)O. The Labute approximate surface area is 134 Å². The van der Waals surface area contributed by atoms with Gasteiger partial charge in [-0.1, -0.05) is 0 Å². The molecule has 0 spiro atoms. The third kappa shape index (κ3) is 5.73. The van der Waals surface area contributed by atoms with Crippen LogP contribution in [0.1, 0.15) is 0 Å². The van der Waals surface area contributed by atoms with Crippen molar-refractivity contribution in [1.29, 1.82) is 0 Å². The summed E-state index contributed by atoms with van der Waals surface area (Å²) in [5, 5.41) is 0. The first-order chi connectivity index (χ1) is 9.98. The van der Waals surface area contributed by atoms with Crippen LogP contribution in [0, 0.1) is 0 Å². The smallest absolute Gasteiger partial charge is 0.344 e. The second-order valence-corrected chi connectivity index (χ2v) is 4.05. The van der Waals surface area contributed by atoms with Crippen molar-refractivity contribution in [2.75, 3.05) is 0 Å². The van der Waals surface area contributed by atoms with Crippen molar-refractivity contribution in [2.45, 2.75) is 36.0 Å². The minimum atomic E-state index is -8.04. The van der Waals surface area contributed by atoms with E-state index in [0.717, 1.165) is 0 Å². The fourth-order valence-corrected chi connectivity index (χ4v) is 0.750. The molecule has 0 aromatic carbocycles. The summed E-state index contributed by atoms with van der Waals surface area (Å²) in [4.78, 5) is 14.2. The van der Waals surface area contributed by atoms with Crippen molar-refractivity contribution >= 4 is 8.25 Å². The summed E-state index contributed by atoms with van der Waals surface area (Å²) < 4.78 is 175. The Morgan fingerprint density at radius 3 is 0.654 bits per heavy atom. The van der Waals surface area contributed by atoms with Crippen LogP contribution in [0.3, 0.4) is 0 Å². The van der Waals surface area contributed by atoms with Gasteiger partial charge in [-0.2, -0.15) is 61.5 Å². The minimum absolute atomic E-state index is 0. The second-order valence-electron chi connectivity index (χ2n) is 3.55. The average molecular weight is 453 g/mol. The highest BCUT2D eigenvalue weighted by Gasteiger charge is 2.91. The zero-order valence-corrected chi connectivity index (χ0v) is 12.4. The molecule has 0 aromatic rings. The Hall–Kier alpha value is -1.04. The molecule has 0 amide bonds. The van der Waals surface area contributed by atoms with E-state index in [4.69, 9.17) is 14.4 Å². The molecule has 20 heteroatoms. The first kappa shape index (κ1) is 32.6. The molecule has 0 rings (SSSR count). The van der Waals surface area contributed by atoms with Crippen molar-refractivity contribution in [2.24, 2.45) is 0 Å². The average Bonchev–Trinajstić information content (AvgIpc) is 2.23. The summed E-state index contributed by atoms with van der Waals surface area (Å²) in [6, 6.07) is 0. The van der Waals surface area contributed by atoms with Crippen LogP contribution in [-0.2, 0) is 4.57 Å². The van der Waals surface area contributed by atoms with Gasteiger partial charge in [0.25, 0.3) is 0 Å². The summed E-state index contributed by atoms with van der Waals surface area (Å²) in [5.74, 6) is -31.7. The van der Waals surface area contributed by atoms with E-state index in [1.807, 2.05) is 0 Å². The van der Waals surface area contributed by atoms with Crippen LogP contribution in [0.5, 0.6) is 0 Å². The Bertz CT molecular complexity index is 421. The predicted octanol–water partition coefficient (Wildman–Crippen LogP) is 4.60. The maximum Gasteiger partial charge on any atom is 0.692 e. The lowest BCUT2D eigenvalue weighted by Gasteiger charge is -2.37. The van der Waals surface area contributed by atoms with Crippen LogP contribution in [0.4, 0.5) is 61.5 Å². The van der Waals surface area contributed by atoms with Gasteiger partial charge in [0.2, 0.25) is 0 Å². The van der Waals surface area contributed by atoms with Crippen molar-refractivity contribution in [3.8, 4) is 0 Å². The number of rotatable bonds is 3. The summed E-state index contributed by atoms with van der Waals surface area (Å²) in [6.07, 6.45) is -15.0. The van der Waals surface area contributed by atoms with Gasteiger partial charge >= 0.3 is 44.3 Å². The Morgan fingerprint density at radius 2 is 0.577 bits per heavy atom. The largest absolute Gasteiger partial charge is 0.692 e. The topological polar surface area (TPSA) is 128 Å². The molecule has 0 aliphatic rings. The summed E-state index contributed by atoms with van der Waals surface area (Å²) >= 11 is 0. The number of halogens is 14. The third-order valence-corrected chi connectivity index (χ3v) is 1.90. The van der Waals surface area contributed by atoms with E-state index >= 15 is 0 Å². The highest BCUT2D eigenvalue weighted by Crippen LogP contribution is 2.60. The molecule has 0 aliphatic heterocycles. The quantitative estimate of drug-likeness (QED) is 0.367. The van der Waals surface area contributed by atoms with E-state index in [9.17, 15) is 61.5 Å². The third-order valence-electron chi connectivity index (χ3n) is 1.90. The zero-order chi connectivity index (χ0) is 20.6. The number of hydrogen-bond donors (Lipinski definition) is 4. The van der Waals surface area contributed by atoms with Crippen molar-refractivity contribution in [3.05, 3.63) is 0 Å². The molecule has 0 saturated heterocycles. The Balaban J connectivity index is -0.000000363. The van der Waals surface area contributed by atoms with Gasteiger partial charge in [0.1, 0.15) is 0 Å². The molecule has 0 fully saturated rings. The van der Waals surface area contributed by atoms with Gasteiger partial charge in [-0.15, -0.1) is 9.79 Å². The Morgan fingerprint density at radius 1 is 0.462 bits per heavy atom. The van der Waals surface area contributed by atoms with Crippen LogP contribution in [0.25, 0.3) is 0 Å². The molecule has 0 bridgehead atoms. The van der Waals surface area contributed by atoms with E-state index in [2.05, 4.69) is 0 Å². The molecule has 8 N–H and O–H groups in total. The molecule has 0 heterocycles. The van der Waals surface area contributed by atoms with Crippen molar-refractivity contribution in [3.63, 3.8) is 0 Å². The van der Waals surface area contributed by atoms with E-state index < -0.39 is 44.3 Å². The standard InChI is InChI=1S/C6F14.2H3N.HO3P/c7-1(8,3(11,12)5(15,16)17)2(9,10)4(13,14)6(18,19)20;;;1-4(2)3/h;2*1H3;(H-,1,2,3)/p+1. The van der Waals surface area contributed by atoms with Gasteiger partial charge in [-0.25, -0.2) is 0 Å². The summed E-state index contributed by atoms with van der Waals surface area (Å²) in [5.41, 5.74) is 0. The monoisotopic (exact) mass is 453 g/mol. The van der Waals surface area contributed by atoms with Crippen molar-refractivity contribution in [1.82, 2.24) is 12.3 Å². The second kappa shape index (κ2) is 8.77. The van der Waals surface area contributed by atoms with Gasteiger partial charge in [-0.3, -0.25) is 0 Å². The molecule has 0 aromatic heterocycles. The first-order valence-electron chi connectivity index (χ1n) is 4.48. The maximum absolute atomic E-state index is 12.3. The zero-order valence-electron chi connectivity index (χ0n) is 11.5. The van der Waals surface area contributed by atoms with Crippen LogP contribution in [0.15, 0.2) is 0 Å². The lowest BCUT2D eigenvalue weighted by molar-refractivity contribution is -0.451. The van der Waals surface area contributed by atoms with Gasteiger partial charge in [0.15, 0.2) is 0 Å². The molecule has 0 radical (unpaired) electrons. The molecular weight excluding hydrogens is 445 g/mol. The van der Waals surface area contributed by atoms with E-state index in [0.29, 0.717) is 0 Å². The highest BCUT2D eigenvalue weighted by atomic mass is 31.1. The predicted molar refractivity (Wildman–Crippen MR) is 54.0 cm³/mol. The van der Waals surface area contributed by atoms with E-state index in [-0.39, 0.29) is 12.3 Å². The molecule has 0 saturated carbocycles. The molecule has 0 aliphatic carbocycles. The van der Waals surface area contributed by atoms with Crippen LogP contribution < -0.4 is 12.3 Å². The normalized spacial score (nSPS) is 13.7. The molecule has 162 valence electrons. The number of alkyl halides is 14. The summed E-state index contributed by atoms with van der Waals surface area (Å²) in [7, 11) is -2.87. The van der Waals surface area contributed by atoms with Gasteiger partial charge in [0.05, 0.1) is 0 Å². The lowest BCUT2D eigenvalue weighted by atomic mass is 9.98. The molecule has 0 unspecified atom stereocenters. The van der Waals surface area contributed by atoms with Gasteiger partial charge in [-0.05, 0) is 0 Å². The van der Waals surface area contributed by atoms with Crippen LogP contribution >= 0.6 is 8.25 Å². The van der Waals surface area contributed by atoms with Gasteiger partial charge in [0, 0.05) is 4.57 Å². The van der Waals surface area contributed by atoms with E-state index in [1.54, 1.807) is 0 Å². The molecule has 5 nitrogen and oxygen atoms in total. The molecular formula is C6H8F14N2O3P+. The lowest BCUT2D eigenvalue weighted by Crippen LogP contribution is -2.69. The van der Waals surface area contributed by atoms with Gasteiger partial charge < -0.3 is 12.3 Å². The minimum Gasteiger partial charge on any atom is -0.344 e. The Kier molecular flexibility index (Phi) is 11.0. The fourth-order valence-electron chi connectivity index (χ4n) is 0.750. The van der Waals surface area contributed by atoms with Crippen molar-refractivity contribution < 1.29 is 75.8 Å². The first-order valence-corrected chi connectivity index (χ1v) is 5.64. The maximum atomic E-state index is 12.3. The highest BCUT2D eigenvalue weighted by molar-refractivity contribution is 7.30. The number of hydrogen-bond acceptors (Lipinski definition) is 3. The van der Waals surface area contributed by atoms with E-state index in [1.165, 1.54) is 0 Å². The summed E-state index contributed by atoms with van der Waals surface area (Å²) in [6.45, 7) is 0.